The third kappa shape index (κ3) is 3.67. The van der Waals surface area contributed by atoms with Crippen LogP contribution in [0.25, 0.3) is 5.69 Å². The Balaban J connectivity index is 1.57. The van der Waals surface area contributed by atoms with E-state index >= 15 is 0 Å². The fourth-order valence-electron chi connectivity index (χ4n) is 3.27. The minimum Gasteiger partial charge on any atom is -0.316 e. The summed E-state index contributed by atoms with van der Waals surface area (Å²) in [5, 5.41) is 7.62. The Bertz CT molecular complexity index is 1270. The highest BCUT2D eigenvalue weighted by Crippen LogP contribution is 2.17. The van der Waals surface area contributed by atoms with Crippen molar-refractivity contribution < 1.29 is 4.79 Å². The average molecular weight is 422 g/mol. The molecule has 2 heterocycles. The van der Waals surface area contributed by atoms with E-state index in [0.29, 0.717) is 22.8 Å². The van der Waals surface area contributed by atoms with Crippen molar-refractivity contribution in [2.75, 3.05) is 5.32 Å². The predicted octanol–water partition coefficient (Wildman–Crippen LogP) is 3.63. The van der Waals surface area contributed by atoms with E-state index in [9.17, 15) is 9.59 Å². The molecule has 4 aromatic rings. The molecule has 2 aromatic carbocycles. The van der Waals surface area contributed by atoms with Gasteiger partial charge in [-0.1, -0.05) is 48.0 Å². The van der Waals surface area contributed by atoms with Crippen molar-refractivity contribution in [1.82, 2.24) is 19.1 Å². The topological polar surface area (TPSA) is 73.8 Å². The lowest BCUT2D eigenvalue weighted by Gasteiger charge is -2.07. The Morgan fingerprint density at radius 2 is 1.80 bits per heavy atom. The number of nitrogens with one attached hydrogen (secondary N) is 1. The molecule has 0 aliphatic rings. The Morgan fingerprint density at radius 1 is 1.10 bits per heavy atom. The summed E-state index contributed by atoms with van der Waals surface area (Å²) in [4.78, 5) is 25.7. The number of para-hydroxylation sites is 1. The summed E-state index contributed by atoms with van der Waals surface area (Å²) in [6, 6.07) is 16.7. The van der Waals surface area contributed by atoms with E-state index in [1.165, 1.54) is 10.9 Å². The zero-order chi connectivity index (χ0) is 21.3. The monoisotopic (exact) mass is 421 g/mol. The Labute approximate surface area is 178 Å². The number of hydrogen-bond acceptors (Lipinski definition) is 3. The highest BCUT2D eigenvalue weighted by atomic mass is 35.5. The van der Waals surface area contributed by atoms with E-state index in [1.54, 1.807) is 29.5 Å². The molecule has 4 rings (SSSR count). The van der Waals surface area contributed by atoms with Gasteiger partial charge in [-0.05, 0) is 30.7 Å². The van der Waals surface area contributed by atoms with Gasteiger partial charge in [0.25, 0.3) is 11.5 Å². The van der Waals surface area contributed by atoms with Crippen LogP contribution in [0.4, 0.5) is 5.69 Å². The van der Waals surface area contributed by atoms with E-state index in [4.69, 9.17) is 11.6 Å². The van der Waals surface area contributed by atoms with Crippen molar-refractivity contribution in [3.05, 3.63) is 99.2 Å². The van der Waals surface area contributed by atoms with Crippen LogP contribution in [0.5, 0.6) is 0 Å². The van der Waals surface area contributed by atoms with E-state index in [2.05, 4.69) is 10.4 Å². The Hall–Kier alpha value is -3.58. The van der Waals surface area contributed by atoms with Crippen LogP contribution in [0.2, 0.25) is 5.02 Å². The number of carbonyl (C=O) groups is 1. The fourth-order valence-corrected chi connectivity index (χ4v) is 3.46. The summed E-state index contributed by atoms with van der Waals surface area (Å²) >= 11 is 6.19. The lowest BCUT2D eigenvalue weighted by Crippen LogP contribution is -2.22. The summed E-state index contributed by atoms with van der Waals surface area (Å²) in [5.41, 5.74) is 2.58. The lowest BCUT2D eigenvalue weighted by atomic mass is 10.2. The largest absolute Gasteiger partial charge is 0.316 e. The maximum atomic E-state index is 13.0. The van der Waals surface area contributed by atoms with Crippen molar-refractivity contribution >= 4 is 23.2 Å². The number of hydrogen-bond donors (Lipinski definition) is 1. The fraction of sp³-hybridized carbons (Fsp3) is 0.136. The second-order valence-electron chi connectivity index (χ2n) is 6.91. The number of aromatic nitrogens is 4. The van der Waals surface area contributed by atoms with Crippen LogP contribution in [-0.4, -0.2) is 25.1 Å². The molecule has 7 nitrogen and oxygen atoms in total. The highest BCUT2D eigenvalue weighted by Gasteiger charge is 2.19. The zero-order valence-electron chi connectivity index (χ0n) is 16.5. The summed E-state index contributed by atoms with van der Waals surface area (Å²) in [5.74, 6) is -0.397. The molecule has 30 heavy (non-hydrogen) atoms. The molecular formula is C22H20ClN5O2. The van der Waals surface area contributed by atoms with Crippen LogP contribution in [-0.2, 0) is 13.6 Å². The van der Waals surface area contributed by atoms with Crippen molar-refractivity contribution in [3.63, 3.8) is 0 Å². The molecule has 1 amide bonds. The van der Waals surface area contributed by atoms with Crippen LogP contribution < -0.4 is 10.9 Å². The first-order valence-electron chi connectivity index (χ1n) is 9.37. The van der Waals surface area contributed by atoms with Crippen molar-refractivity contribution in [2.24, 2.45) is 7.05 Å². The van der Waals surface area contributed by atoms with Crippen LogP contribution in [0.15, 0.2) is 71.8 Å². The number of benzene rings is 2. The van der Waals surface area contributed by atoms with Gasteiger partial charge in [0.2, 0.25) is 0 Å². The third-order valence-electron chi connectivity index (χ3n) is 4.98. The first-order chi connectivity index (χ1) is 14.5. The second kappa shape index (κ2) is 8.04. The van der Waals surface area contributed by atoms with Gasteiger partial charge in [0, 0.05) is 18.3 Å². The number of rotatable bonds is 5. The molecule has 0 saturated heterocycles. The van der Waals surface area contributed by atoms with Crippen LogP contribution in [0.1, 0.15) is 21.6 Å². The van der Waals surface area contributed by atoms with Crippen LogP contribution >= 0.6 is 11.6 Å². The van der Waals surface area contributed by atoms with Crippen molar-refractivity contribution in [3.8, 4) is 5.69 Å². The molecule has 8 heteroatoms. The lowest BCUT2D eigenvalue weighted by molar-refractivity contribution is 0.102. The van der Waals surface area contributed by atoms with Crippen molar-refractivity contribution in [1.29, 1.82) is 0 Å². The SMILES string of the molecule is Cc1c(NC(=O)c2cnn(Cc3ccccc3Cl)c2)c(=O)n(-c2ccccc2)n1C. The summed E-state index contributed by atoms with van der Waals surface area (Å²) < 4.78 is 4.87. The molecule has 0 unspecified atom stereocenters. The van der Waals surface area contributed by atoms with Crippen molar-refractivity contribution in [2.45, 2.75) is 13.5 Å². The Kier molecular flexibility index (Phi) is 5.29. The predicted molar refractivity (Wildman–Crippen MR) is 116 cm³/mol. The maximum Gasteiger partial charge on any atom is 0.295 e. The minimum absolute atomic E-state index is 0.241. The smallest absolute Gasteiger partial charge is 0.295 e. The van der Waals surface area contributed by atoms with Gasteiger partial charge in [0.1, 0.15) is 5.69 Å². The van der Waals surface area contributed by atoms with Gasteiger partial charge >= 0.3 is 0 Å². The van der Waals surface area contributed by atoms with Gasteiger partial charge in [-0.2, -0.15) is 5.10 Å². The van der Waals surface area contributed by atoms with Crippen LogP contribution in [0.3, 0.4) is 0 Å². The highest BCUT2D eigenvalue weighted by molar-refractivity contribution is 6.31. The maximum absolute atomic E-state index is 13.0. The number of halogens is 1. The summed E-state index contributed by atoms with van der Waals surface area (Å²) in [7, 11) is 1.78. The second-order valence-corrected chi connectivity index (χ2v) is 7.32. The molecule has 0 aliphatic heterocycles. The standard InChI is InChI=1S/C22H20ClN5O2/c1-15-20(22(30)28(26(15)2)18-9-4-3-5-10-18)25-21(29)17-12-24-27(14-17)13-16-8-6-7-11-19(16)23/h3-12,14H,13H2,1-2H3,(H,25,29). The quantitative estimate of drug-likeness (QED) is 0.534. The Morgan fingerprint density at radius 3 is 2.53 bits per heavy atom. The molecule has 1 N–H and O–H groups in total. The van der Waals surface area contributed by atoms with Gasteiger partial charge in [0.05, 0.1) is 29.7 Å². The van der Waals surface area contributed by atoms with E-state index in [0.717, 1.165) is 11.3 Å². The molecule has 152 valence electrons. The third-order valence-corrected chi connectivity index (χ3v) is 5.35. The van der Waals surface area contributed by atoms with Gasteiger partial charge in [-0.15, -0.1) is 0 Å². The molecule has 0 spiro atoms. The van der Waals surface area contributed by atoms with Crippen LogP contribution in [0, 0.1) is 6.92 Å². The first-order valence-corrected chi connectivity index (χ1v) is 9.74. The van der Waals surface area contributed by atoms with E-state index < -0.39 is 5.91 Å². The normalized spacial score (nSPS) is 10.9. The molecule has 0 atom stereocenters. The molecule has 2 aromatic heterocycles. The molecule has 0 saturated carbocycles. The molecular weight excluding hydrogens is 402 g/mol. The molecule has 0 radical (unpaired) electrons. The number of nitrogens with zero attached hydrogens (tertiary/aromatic N) is 4. The van der Waals surface area contributed by atoms with E-state index in [-0.39, 0.29) is 11.2 Å². The van der Waals surface area contributed by atoms with E-state index in [1.807, 2.05) is 54.6 Å². The first kappa shape index (κ1) is 19.7. The number of amides is 1. The van der Waals surface area contributed by atoms with Gasteiger partial charge in [-0.25, -0.2) is 4.68 Å². The molecule has 0 fully saturated rings. The average Bonchev–Trinajstić information content (AvgIpc) is 3.29. The zero-order valence-corrected chi connectivity index (χ0v) is 17.3. The van der Waals surface area contributed by atoms with Gasteiger partial charge < -0.3 is 5.32 Å². The van der Waals surface area contributed by atoms with Gasteiger partial charge in [-0.3, -0.25) is 19.0 Å². The van der Waals surface area contributed by atoms with Gasteiger partial charge in [0.15, 0.2) is 0 Å². The number of carbonyl (C=O) groups excluding carboxylic acids is 1. The summed E-state index contributed by atoms with van der Waals surface area (Å²) in [6.45, 7) is 2.23. The number of anilines is 1. The molecule has 0 aliphatic carbocycles. The summed E-state index contributed by atoms with van der Waals surface area (Å²) in [6.07, 6.45) is 3.10. The molecule has 0 bridgehead atoms. The minimum atomic E-state index is -0.397.